The maximum atomic E-state index is 12.0. The molecule has 0 radical (unpaired) electrons. The molecule has 0 unspecified atom stereocenters. The number of aryl methyl sites for hydroxylation is 1. The van der Waals surface area contributed by atoms with E-state index in [4.69, 9.17) is 23.2 Å². The van der Waals surface area contributed by atoms with Gasteiger partial charge in [-0.2, -0.15) is 5.10 Å². The average molecular weight is 349 g/mol. The zero-order valence-corrected chi connectivity index (χ0v) is 12.3. The van der Waals surface area contributed by atoms with Crippen LogP contribution in [0.5, 0.6) is 0 Å². The van der Waals surface area contributed by atoms with Crippen molar-refractivity contribution < 1.29 is 4.79 Å². The summed E-state index contributed by atoms with van der Waals surface area (Å²) >= 11 is 15.1. The lowest BCUT2D eigenvalue weighted by molar-refractivity contribution is 0.102. The van der Waals surface area contributed by atoms with E-state index in [1.165, 1.54) is 0 Å². The smallest absolute Gasteiger partial charge is 0.277 e. The second kappa shape index (κ2) is 5.30. The van der Waals surface area contributed by atoms with Gasteiger partial charge in [0.15, 0.2) is 5.69 Å². The molecule has 0 spiro atoms. The molecule has 0 bridgehead atoms. The molecule has 2 aromatic rings. The second-order valence-electron chi connectivity index (χ2n) is 3.58. The fourth-order valence-corrected chi connectivity index (χ4v) is 2.28. The molecule has 4 nitrogen and oxygen atoms in total. The molecule has 1 heterocycles. The zero-order valence-electron chi connectivity index (χ0n) is 9.25. The number of nitrogens with one attached hydrogen (secondary N) is 1. The Morgan fingerprint density at radius 2 is 2.17 bits per heavy atom. The van der Waals surface area contributed by atoms with Crippen molar-refractivity contribution in [2.24, 2.45) is 7.05 Å². The van der Waals surface area contributed by atoms with Crippen molar-refractivity contribution in [3.63, 3.8) is 0 Å². The molecule has 1 aromatic heterocycles. The highest BCUT2D eigenvalue weighted by Gasteiger charge is 2.15. The molecule has 2 rings (SSSR count). The van der Waals surface area contributed by atoms with Crippen molar-refractivity contribution in [2.75, 3.05) is 5.32 Å². The van der Waals surface area contributed by atoms with E-state index in [1.54, 1.807) is 36.1 Å². The second-order valence-corrected chi connectivity index (χ2v) is 5.28. The minimum absolute atomic E-state index is 0.286. The van der Waals surface area contributed by atoms with Gasteiger partial charge in [0.05, 0.1) is 15.2 Å². The summed E-state index contributed by atoms with van der Waals surface area (Å²) < 4.78 is 2.15. The van der Waals surface area contributed by atoms with Crippen molar-refractivity contribution in [1.82, 2.24) is 9.78 Å². The van der Waals surface area contributed by atoms with Crippen molar-refractivity contribution in [1.29, 1.82) is 0 Å². The van der Waals surface area contributed by atoms with E-state index < -0.39 is 0 Å². The molecule has 0 aliphatic rings. The molecular weight excluding hydrogens is 341 g/mol. The van der Waals surface area contributed by atoms with Gasteiger partial charge >= 0.3 is 0 Å². The first kappa shape index (κ1) is 13.4. The van der Waals surface area contributed by atoms with Crippen LogP contribution in [0.1, 0.15) is 10.5 Å². The van der Waals surface area contributed by atoms with Crippen LogP contribution in [0.15, 0.2) is 28.9 Å². The Hall–Kier alpha value is -1.04. The van der Waals surface area contributed by atoms with E-state index in [9.17, 15) is 4.79 Å². The lowest BCUT2D eigenvalue weighted by Crippen LogP contribution is -2.13. The Labute approximate surface area is 122 Å². The van der Waals surface area contributed by atoms with E-state index in [-0.39, 0.29) is 11.6 Å². The number of halogens is 3. The highest BCUT2D eigenvalue weighted by molar-refractivity contribution is 9.10. The summed E-state index contributed by atoms with van der Waals surface area (Å²) in [6, 6.07) is 4.85. The number of carbonyl (C=O) groups excluding carboxylic acids is 1. The lowest BCUT2D eigenvalue weighted by Gasteiger charge is -2.06. The van der Waals surface area contributed by atoms with Gasteiger partial charge in [-0.3, -0.25) is 9.48 Å². The van der Waals surface area contributed by atoms with E-state index in [1.807, 2.05) is 0 Å². The van der Waals surface area contributed by atoms with E-state index in [2.05, 4.69) is 26.3 Å². The first-order chi connectivity index (χ1) is 8.47. The lowest BCUT2D eigenvalue weighted by atomic mass is 10.3. The maximum absolute atomic E-state index is 12.0. The first-order valence-corrected chi connectivity index (χ1v) is 6.48. The summed E-state index contributed by atoms with van der Waals surface area (Å²) in [6.07, 6.45) is 1.69. The molecule has 0 atom stereocenters. The fraction of sp³-hybridized carbons (Fsp3) is 0.0909. The van der Waals surface area contributed by atoms with Gasteiger partial charge in [-0.1, -0.05) is 23.2 Å². The molecule has 18 heavy (non-hydrogen) atoms. The molecule has 0 saturated heterocycles. The number of carbonyl (C=O) groups is 1. The Kier molecular flexibility index (Phi) is 3.94. The highest BCUT2D eigenvalue weighted by atomic mass is 79.9. The van der Waals surface area contributed by atoms with Gasteiger partial charge in [0.1, 0.15) is 0 Å². The number of hydrogen-bond acceptors (Lipinski definition) is 2. The van der Waals surface area contributed by atoms with Crippen LogP contribution in [0, 0.1) is 0 Å². The van der Waals surface area contributed by atoms with Crippen LogP contribution in [-0.4, -0.2) is 15.7 Å². The monoisotopic (exact) mass is 347 g/mol. The number of nitrogens with zero attached hydrogens (tertiary/aromatic N) is 2. The van der Waals surface area contributed by atoms with Crippen LogP contribution in [0.2, 0.25) is 10.0 Å². The number of rotatable bonds is 2. The van der Waals surface area contributed by atoms with E-state index in [0.29, 0.717) is 20.2 Å². The minimum Gasteiger partial charge on any atom is -0.319 e. The van der Waals surface area contributed by atoms with Crippen molar-refractivity contribution >= 4 is 50.7 Å². The van der Waals surface area contributed by atoms with Gasteiger partial charge < -0.3 is 5.32 Å². The number of anilines is 1. The third-order valence-electron chi connectivity index (χ3n) is 2.18. The summed E-state index contributed by atoms with van der Waals surface area (Å²) in [4.78, 5) is 12.0. The van der Waals surface area contributed by atoms with Gasteiger partial charge in [0.2, 0.25) is 0 Å². The molecule has 0 aliphatic carbocycles. The normalized spacial score (nSPS) is 10.4. The summed E-state index contributed by atoms with van der Waals surface area (Å²) in [5.41, 5.74) is 0.736. The molecule has 0 fully saturated rings. The quantitative estimate of drug-likeness (QED) is 0.898. The summed E-state index contributed by atoms with van der Waals surface area (Å²) in [5, 5.41) is 7.61. The third kappa shape index (κ3) is 2.85. The maximum Gasteiger partial charge on any atom is 0.277 e. The zero-order chi connectivity index (χ0) is 13.3. The van der Waals surface area contributed by atoms with Crippen LogP contribution in [0.25, 0.3) is 0 Å². The Bertz CT molecular complexity index is 612. The summed E-state index contributed by atoms with van der Waals surface area (Å²) in [5.74, 6) is -0.355. The molecule has 0 aliphatic heterocycles. The first-order valence-electron chi connectivity index (χ1n) is 4.93. The SMILES string of the molecule is Cn1cc(Br)c(C(=O)Nc2cc(Cl)ccc2Cl)n1. The van der Waals surface area contributed by atoms with Crippen LogP contribution >= 0.6 is 39.1 Å². The van der Waals surface area contributed by atoms with Gasteiger partial charge in [-0.25, -0.2) is 0 Å². The van der Waals surface area contributed by atoms with Crippen molar-refractivity contribution in [3.05, 3.63) is 44.6 Å². The molecule has 1 amide bonds. The average Bonchev–Trinajstić information content (AvgIpc) is 2.63. The molecule has 7 heteroatoms. The van der Waals surface area contributed by atoms with Crippen molar-refractivity contribution in [3.8, 4) is 0 Å². The molecule has 0 saturated carbocycles. The standard InChI is InChI=1S/C11H8BrCl2N3O/c1-17-5-7(12)10(16-17)11(18)15-9-4-6(13)2-3-8(9)14/h2-5H,1H3,(H,15,18). The molecule has 94 valence electrons. The largest absolute Gasteiger partial charge is 0.319 e. The van der Waals surface area contributed by atoms with Gasteiger partial charge in [0, 0.05) is 18.3 Å². The molecular formula is C11H8BrCl2N3O. The number of hydrogen-bond donors (Lipinski definition) is 1. The van der Waals surface area contributed by atoms with Crippen LogP contribution < -0.4 is 5.32 Å². The van der Waals surface area contributed by atoms with E-state index in [0.717, 1.165) is 0 Å². The van der Waals surface area contributed by atoms with E-state index >= 15 is 0 Å². The Balaban J connectivity index is 2.26. The molecule has 1 aromatic carbocycles. The molecule has 1 N–H and O–H groups in total. The Morgan fingerprint density at radius 3 is 2.78 bits per heavy atom. The van der Waals surface area contributed by atoms with Crippen LogP contribution in [-0.2, 0) is 7.05 Å². The van der Waals surface area contributed by atoms with Crippen LogP contribution in [0.3, 0.4) is 0 Å². The van der Waals surface area contributed by atoms with Crippen LogP contribution in [0.4, 0.5) is 5.69 Å². The predicted molar refractivity (Wildman–Crippen MR) is 75.3 cm³/mol. The predicted octanol–water partition coefficient (Wildman–Crippen LogP) is 3.74. The Morgan fingerprint density at radius 1 is 1.44 bits per heavy atom. The number of aromatic nitrogens is 2. The van der Waals surface area contributed by atoms with Crippen molar-refractivity contribution in [2.45, 2.75) is 0 Å². The number of benzene rings is 1. The summed E-state index contributed by atoms with van der Waals surface area (Å²) in [7, 11) is 1.73. The topological polar surface area (TPSA) is 46.9 Å². The van der Waals surface area contributed by atoms with Gasteiger partial charge in [0.25, 0.3) is 5.91 Å². The van der Waals surface area contributed by atoms with Gasteiger partial charge in [-0.05, 0) is 34.1 Å². The highest BCUT2D eigenvalue weighted by Crippen LogP contribution is 2.26. The van der Waals surface area contributed by atoms with Gasteiger partial charge in [-0.15, -0.1) is 0 Å². The summed E-state index contributed by atoms with van der Waals surface area (Å²) in [6.45, 7) is 0. The minimum atomic E-state index is -0.355. The number of amides is 1. The fourth-order valence-electron chi connectivity index (χ4n) is 1.39. The third-order valence-corrected chi connectivity index (χ3v) is 3.32.